The van der Waals surface area contributed by atoms with E-state index in [9.17, 15) is 4.79 Å². The predicted octanol–water partition coefficient (Wildman–Crippen LogP) is 3.93. The van der Waals surface area contributed by atoms with Crippen LogP contribution >= 0.6 is 11.6 Å². The third-order valence-corrected chi connectivity index (χ3v) is 3.56. The summed E-state index contributed by atoms with van der Waals surface area (Å²) in [6.07, 6.45) is 0. The van der Waals surface area contributed by atoms with Gasteiger partial charge in [-0.15, -0.1) is 0 Å². The van der Waals surface area contributed by atoms with E-state index in [2.05, 4.69) is 15.1 Å². The van der Waals surface area contributed by atoms with Gasteiger partial charge in [-0.2, -0.15) is 4.98 Å². The molecule has 0 amide bonds. The number of rotatable bonds is 3. The Kier molecular flexibility index (Phi) is 4.24. The van der Waals surface area contributed by atoms with Gasteiger partial charge in [-0.1, -0.05) is 55.7 Å². The van der Waals surface area contributed by atoms with Gasteiger partial charge in [0.1, 0.15) is 5.15 Å². The molecule has 0 fully saturated rings. The zero-order valence-corrected chi connectivity index (χ0v) is 14.3. The molecule has 0 N–H and O–H groups in total. The number of pyridine rings is 1. The lowest BCUT2D eigenvalue weighted by Crippen LogP contribution is -2.13. The fourth-order valence-corrected chi connectivity index (χ4v) is 2.34. The predicted molar refractivity (Wildman–Crippen MR) is 88.9 cm³/mol. The fraction of sp³-hybridized carbons (Fsp3) is 0.294. The Labute approximate surface area is 143 Å². The molecule has 6 nitrogen and oxygen atoms in total. The number of para-hydroxylation sites is 1. The van der Waals surface area contributed by atoms with E-state index in [0.717, 1.165) is 0 Å². The summed E-state index contributed by atoms with van der Waals surface area (Å²) in [4.78, 5) is 20.8. The van der Waals surface area contributed by atoms with Crippen LogP contribution in [0.3, 0.4) is 0 Å². The maximum absolute atomic E-state index is 12.4. The maximum Gasteiger partial charge on any atom is 0.339 e. The summed E-state index contributed by atoms with van der Waals surface area (Å²) in [6, 6.07) is 8.71. The van der Waals surface area contributed by atoms with Gasteiger partial charge in [-0.25, -0.2) is 9.78 Å². The number of esters is 1. The number of ether oxygens (including phenoxy) is 1. The third-order valence-electron chi connectivity index (χ3n) is 3.37. The van der Waals surface area contributed by atoms with E-state index in [1.165, 1.54) is 6.07 Å². The van der Waals surface area contributed by atoms with Gasteiger partial charge in [0.2, 0.25) is 0 Å². The highest BCUT2D eigenvalue weighted by Gasteiger charge is 2.22. The van der Waals surface area contributed by atoms with Crippen molar-refractivity contribution in [2.24, 2.45) is 0 Å². The topological polar surface area (TPSA) is 78.1 Å². The minimum atomic E-state index is -0.522. The molecule has 2 aromatic heterocycles. The largest absolute Gasteiger partial charge is 0.452 e. The monoisotopic (exact) mass is 345 g/mol. The van der Waals surface area contributed by atoms with Crippen molar-refractivity contribution in [2.45, 2.75) is 32.8 Å². The molecule has 0 atom stereocenters. The van der Waals surface area contributed by atoms with E-state index < -0.39 is 5.97 Å². The van der Waals surface area contributed by atoms with Crippen molar-refractivity contribution >= 4 is 28.5 Å². The van der Waals surface area contributed by atoms with E-state index in [1.54, 1.807) is 12.1 Å². The zero-order chi connectivity index (χ0) is 17.3. The number of halogens is 1. The van der Waals surface area contributed by atoms with Crippen LogP contribution in [0, 0.1) is 0 Å². The molecule has 0 radical (unpaired) electrons. The molecule has 0 bridgehead atoms. The van der Waals surface area contributed by atoms with Crippen molar-refractivity contribution < 1.29 is 14.1 Å². The van der Waals surface area contributed by atoms with Gasteiger partial charge in [0.15, 0.2) is 12.4 Å². The average Bonchev–Trinajstić information content (AvgIpc) is 3.01. The van der Waals surface area contributed by atoms with Crippen molar-refractivity contribution in [2.75, 3.05) is 0 Å². The Morgan fingerprint density at radius 2 is 2.00 bits per heavy atom. The molecule has 0 saturated heterocycles. The molecule has 1 aromatic carbocycles. The molecule has 3 rings (SSSR count). The molecule has 0 unspecified atom stereocenters. The summed E-state index contributed by atoms with van der Waals surface area (Å²) < 4.78 is 10.4. The third kappa shape index (κ3) is 3.38. The molecule has 24 heavy (non-hydrogen) atoms. The zero-order valence-electron chi connectivity index (χ0n) is 13.5. The van der Waals surface area contributed by atoms with Crippen LogP contribution in [-0.2, 0) is 16.8 Å². The summed E-state index contributed by atoms with van der Waals surface area (Å²) in [7, 11) is 0. The van der Waals surface area contributed by atoms with Gasteiger partial charge < -0.3 is 9.26 Å². The number of nitrogens with zero attached hydrogens (tertiary/aromatic N) is 3. The number of carbonyl (C=O) groups excluding carboxylic acids is 1. The van der Waals surface area contributed by atoms with Crippen LogP contribution in [0.5, 0.6) is 0 Å². The second-order valence-corrected chi connectivity index (χ2v) is 6.73. The molecule has 3 aromatic rings. The SMILES string of the molecule is CC(C)(C)c1noc(COC(=O)c2cc(Cl)nc3ccccc23)n1. The first kappa shape index (κ1) is 16.4. The van der Waals surface area contributed by atoms with Crippen LogP contribution in [-0.4, -0.2) is 21.1 Å². The number of aromatic nitrogens is 3. The highest BCUT2D eigenvalue weighted by atomic mass is 35.5. The Hall–Kier alpha value is -2.47. The average molecular weight is 346 g/mol. The molecule has 0 aliphatic carbocycles. The van der Waals surface area contributed by atoms with Crippen LogP contribution in [0.1, 0.15) is 42.8 Å². The minimum Gasteiger partial charge on any atom is -0.452 e. The van der Waals surface area contributed by atoms with Crippen molar-refractivity contribution in [3.05, 3.63) is 52.8 Å². The van der Waals surface area contributed by atoms with Gasteiger partial charge >= 0.3 is 5.97 Å². The molecule has 2 heterocycles. The highest BCUT2D eigenvalue weighted by Crippen LogP contribution is 2.22. The van der Waals surface area contributed by atoms with Crippen LogP contribution in [0.15, 0.2) is 34.9 Å². The molecular weight excluding hydrogens is 330 g/mol. The molecular formula is C17H16ClN3O3. The molecule has 0 aliphatic rings. The Bertz CT molecular complexity index is 899. The molecule has 124 valence electrons. The van der Waals surface area contributed by atoms with Gasteiger partial charge in [0, 0.05) is 10.8 Å². The van der Waals surface area contributed by atoms with Gasteiger partial charge in [-0.3, -0.25) is 0 Å². The number of carbonyl (C=O) groups is 1. The summed E-state index contributed by atoms with van der Waals surface area (Å²) in [5.74, 6) is 0.287. The van der Waals surface area contributed by atoms with Gasteiger partial charge in [0.05, 0.1) is 11.1 Å². The molecule has 7 heteroatoms. The van der Waals surface area contributed by atoms with E-state index in [-0.39, 0.29) is 23.1 Å². The lowest BCUT2D eigenvalue weighted by Gasteiger charge is -2.10. The van der Waals surface area contributed by atoms with E-state index in [4.69, 9.17) is 20.9 Å². The van der Waals surface area contributed by atoms with Crippen LogP contribution in [0.25, 0.3) is 10.9 Å². The maximum atomic E-state index is 12.4. The van der Waals surface area contributed by atoms with Crippen LogP contribution in [0.4, 0.5) is 0 Å². The smallest absolute Gasteiger partial charge is 0.339 e. The van der Waals surface area contributed by atoms with E-state index in [1.807, 2.05) is 32.9 Å². The van der Waals surface area contributed by atoms with Crippen LogP contribution in [0.2, 0.25) is 5.15 Å². The van der Waals surface area contributed by atoms with Crippen molar-refractivity contribution in [3.63, 3.8) is 0 Å². The van der Waals surface area contributed by atoms with E-state index in [0.29, 0.717) is 22.3 Å². The second-order valence-electron chi connectivity index (χ2n) is 6.35. The lowest BCUT2D eigenvalue weighted by atomic mass is 9.96. The van der Waals surface area contributed by atoms with Crippen molar-refractivity contribution in [1.29, 1.82) is 0 Å². The number of benzene rings is 1. The Balaban J connectivity index is 1.80. The Morgan fingerprint density at radius 3 is 2.71 bits per heavy atom. The molecule has 0 aliphatic heterocycles. The highest BCUT2D eigenvalue weighted by molar-refractivity contribution is 6.30. The molecule has 0 spiro atoms. The summed E-state index contributed by atoms with van der Waals surface area (Å²) in [5.41, 5.74) is 0.742. The summed E-state index contributed by atoms with van der Waals surface area (Å²) in [5, 5.41) is 4.80. The second kappa shape index (κ2) is 6.20. The standard InChI is InChI=1S/C17H16ClN3O3/c1-17(2,3)16-20-14(24-21-16)9-23-15(22)11-8-13(18)19-12-7-5-4-6-10(11)12/h4-8H,9H2,1-3H3. The van der Waals surface area contributed by atoms with Crippen LogP contribution < -0.4 is 0 Å². The first-order valence-corrected chi connectivity index (χ1v) is 7.78. The normalized spacial score (nSPS) is 11.7. The van der Waals surface area contributed by atoms with E-state index >= 15 is 0 Å². The summed E-state index contributed by atoms with van der Waals surface area (Å²) in [6.45, 7) is 5.81. The van der Waals surface area contributed by atoms with Gasteiger partial charge in [0.25, 0.3) is 5.89 Å². The lowest BCUT2D eigenvalue weighted by molar-refractivity contribution is 0.0432. The first-order valence-electron chi connectivity index (χ1n) is 7.40. The van der Waals surface area contributed by atoms with Crippen molar-refractivity contribution in [3.8, 4) is 0 Å². The summed E-state index contributed by atoms with van der Waals surface area (Å²) >= 11 is 5.98. The fourth-order valence-electron chi connectivity index (χ4n) is 2.14. The van der Waals surface area contributed by atoms with Crippen molar-refractivity contribution in [1.82, 2.24) is 15.1 Å². The van der Waals surface area contributed by atoms with Gasteiger partial charge in [-0.05, 0) is 12.1 Å². The first-order chi connectivity index (χ1) is 11.3. The molecule has 0 saturated carbocycles. The minimum absolute atomic E-state index is 0.101. The number of fused-ring (bicyclic) bond motifs is 1. The number of hydrogen-bond donors (Lipinski definition) is 0. The quantitative estimate of drug-likeness (QED) is 0.528. The number of hydrogen-bond acceptors (Lipinski definition) is 6. The Morgan fingerprint density at radius 1 is 1.25 bits per heavy atom.